The van der Waals surface area contributed by atoms with E-state index in [1.54, 1.807) is 0 Å². The second kappa shape index (κ2) is 12.1. The van der Waals surface area contributed by atoms with Crippen LogP contribution in [0.5, 0.6) is 0 Å². The van der Waals surface area contributed by atoms with Gasteiger partial charge in [0.05, 0.1) is 18.3 Å². The van der Waals surface area contributed by atoms with Gasteiger partial charge < -0.3 is 5.73 Å². The summed E-state index contributed by atoms with van der Waals surface area (Å²) in [5.74, 6) is 0. The van der Waals surface area contributed by atoms with Crippen molar-refractivity contribution in [2.24, 2.45) is 5.73 Å². The molecule has 6 heteroatoms. The van der Waals surface area contributed by atoms with Gasteiger partial charge in [-0.25, -0.2) is 13.1 Å². The van der Waals surface area contributed by atoms with Crippen molar-refractivity contribution < 1.29 is 27.9 Å². The van der Waals surface area contributed by atoms with Crippen molar-refractivity contribution in [1.82, 2.24) is 4.72 Å². The number of rotatable bonds is 5. The first-order valence-electron chi connectivity index (χ1n) is 9.53. The third-order valence-electron chi connectivity index (χ3n) is 4.41. The monoisotopic (exact) mass is 512 g/mol. The molecular formula is C24H30N2O2RuS. The van der Waals surface area contributed by atoms with Gasteiger partial charge in [0.1, 0.15) is 0 Å². The molecule has 4 nitrogen and oxygen atoms in total. The maximum absolute atomic E-state index is 11.6. The van der Waals surface area contributed by atoms with E-state index in [4.69, 9.17) is 5.73 Å². The molecule has 30 heavy (non-hydrogen) atoms. The minimum absolute atomic E-state index is 0. The average Bonchev–Trinajstić information content (AvgIpc) is 2.66. The summed E-state index contributed by atoms with van der Waals surface area (Å²) in [5.41, 5.74) is 12.0. The molecule has 0 spiro atoms. The average molecular weight is 512 g/mol. The molecule has 0 saturated heterocycles. The number of aryl methyl sites for hydroxylation is 3. The number of hydrogen-bond donors (Lipinski definition) is 2. The number of hydrogen-bond acceptors (Lipinski definition) is 3. The SMILES string of the molecule is CS(=O)(=O)N[C@H](c1ccccc1)[C@H](N)c1ccccc1.Cc1cc(C)cc(C)c1.[Ru]. The fraction of sp³-hybridized carbons (Fsp3) is 0.250. The van der Waals surface area contributed by atoms with E-state index in [2.05, 4.69) is 43.7 Å². The van der Waals surface area contributed by atoms with Crippen LogP contribution < -0.4 is 10.5 Å². The minimum Gasteiger partial charge on any atom is -0.322 e. The van der Waals surface area contributed by atoms with Crippen LogP contribution in [0, 0.1) is 20.8 Å². The van der Waals surface area contributed by atoms with Gasteiger partial charge in [-0.15, -0.1) is 0 Å². The number of sulfonamides is 1. The molecule has 0 aromatic heterocycles. The Labute approximate surface area is 193 Å². The Morgan fingerprint density at radius 2 is 1.10 bits per heavy atom. The van der Waals surface area contributed by atoms with Crippen molar-refractivity contribution in [2.45, 2.75) is 32.9 Å². The molecular weight excluding hydrogens is 481 g/mol. The molecule has 0 aliphatic carbocycles. The first-order valence-corrected chi connectivity index (χ1v) is 11.4. The Kier molecular flexibility index (Phi) is 10.6. The van der Waals surface area contributed by atoms with Gasteiger partial charge in [-0.2, -0.15) is 0 Å². The molecule has 0 amide bonds. The zero-order valence-electron chi connectivity index (χ0n) is 17.8. The molecule has 2 atom stereocenters. The maximum Gasteiger partial charge on any atom is 0.209 e. The minimum atomic E-state index is -3.35. The van der Waals surface area contributed by atoms with Crippen LogP contribution in [0.1, 0.15) is 39.9 Å². The Hall–Kier alpha value is -1.85. The van der Waals surface area contributed by atoms with Crippen LogP contribution in [0.25, 0.3) is 0 Å². The smallest absolute Gasteiger partial charge is 0.209 e. The third kappa shape index (κ3) is 8.89. The van der Waals surface area contributed by atoms with Gasteiger partial charge in [-0.3, -0.25) is 0 Å². The van der Waals surface area contributed by atoms with Gasteiger partial charge >= 0.3 is 0 Å². The molecule has 3 aromatic carbocycles. The number of benzene rings is 3. The van der Waals surface area contributed by atoms with E-state index < -0.39 is 22.1 Å². The first kappa shape index (κ1) is 26.2. The largest absolute Gasteiger partial charge is 0.322 e. The zero-order chi connectivity index (χ0) is 21.4. The van der Waals surface area contributed by atoms with Gasteiger partial charge in [0, 0.05) is 19.5 Å². The van der Waals surface area contributed by atoms with Gasteiger partial charge in [0.15, 0.2) is 0 Å². The molecule has 3 rings (SSSR count). The van der Waals surface area contributed by atoms with E-state index in [9.17, 15) is 8.42 Å². The predicted molar refractivity (Wildman–Crippen MR) is 121 cm³/mol. The molecule has 0 radical (unpaired) electrons. The van der Waals surface area contributed by atoms with Crippen molar-refractivity contribution in [3.63, 3.8) is 0 Å². The maximum atomic E-state index is 11.6. The van der Waals surface area contributed by atoms with Crippen LogP contribution in [0.15, 0.2) is 78.9 Å². The first-order chi connectivity index (χ1) is 13.7. The number of nitrogens with two attached hydrogens (primary N) is 1. The summed E-state index contributed by atoms with van der Waals surface area (Å²) in [6.07, 6.45) is 1.14. The summed E-state index contributed by atoms with van der Waals surface area (Å²) in [7, 11) is -3.35. The Balaban J connectivity index is 0.000000379. The van der Waals surface area contributed by atoms with Crippen LogP contribution in [0.2, 0.25) is 0 Å². The quantitative estimate of drug-likeness (QED) is 0.493. The molecule has 0 saturated carbocycles. The Bertz CT molecular complexity index is 959. The summed E-state index contributed by atoms with van der Waals surface area (Å²) >= 11 is 0. The van der Waals surface area contributed by atoms with Crippen molar-refractivity contribution in [1.29, 1.82) is 0 Å². The van der Waals surface area contributed by atoms with E-state index in [0.29, 0.717) is 0 Å². The molecule has 0 aliphatic rings. The van der Waals surface area contributed by atoms with Gasteiger partial charge in [-0.05, 0) is 31.9 Å². The second-order valence-electron chi connectivity index (χ2n) is 7.38. The molecule has 3 aromatic rings. The summed E-state index contributed by atoms with van der Waals surface area (Å²) in [4.78, 5) is 0. The van der Waals surface area contributed by atoms with Crippen LogP contribution in [0.4, 0.5) is 0 Å². The summed E-state index contributed by atoms with van der Waals surface area (Å²) in [6.45, 7) is 6.38. The molecule has 0 unspecified atom stereocenters. The molecule has 0 fully saturated rings. The molecule has 0 aliphatic heterocycles. The summed E-state index contributed by atoms with van der Waals surface area (Å²) < 4.78 is 25.8. The van der Waals surface area contributed by atoms with E-state index in [0.717, 1.165) is 17.4 Å². The Morgan fingerprint density at radius 1 is 0.733 bits per heavy atom. The standard InChI is InChI=1S/C15H18N2O2S.C9H12.Ru/c1-20(18,19)17-15(13-10-6-3-7-11-13)14(16)12-8-4-2-5-9-12;1-7-4-8(2)6-9(3)5-7;/h2-11,14-15,17H,16H2,1H3;4-6H,1-3H3;/t14-,15-;;/m1../s1. The van der Waals surface area contributed by atoms with Crippen LogP contribution in [-0.4, -0.2) is 14.7 Å². The van der Waals surface area contributed by atoms with E-state index in [1.165, 1.54) is 16.7 Å². The summed E-state index contributed by atoms with van der Waals surface area (Å²) in [6, 6.07) is 24.4. The fourth-order valence-corrected chi connectivity index (χ4v) is 4.05. The topological polar surface area (TPSA) is 72.2 Å². The van der Waals surface area contributed by atoms with E-state index >= 15 is 0 Å². The van der Waals surface area contributed by atoms with Crippen molar-refractivity contribution in [2.75, 3.05) is 6.26 Å². The van der Waals surface area contributed by atoms with Gasteiger partial charge in [0.25, 0.3) is 0 Å². The van der Waals surface area contributed by atoms with Crippen LogP contribution in [-0.2, 0) is 29.5 Å². The fourth-order valence-electron chi connectivity index (χ4n) is 3.31. The molecule has 0 heterocycles. The van der Waals surface area contributed by atoms with Gasteiger partial charge in [-0.1, -0.05) is 95.6 Å². The number of nitrogens with one attached hydrogen (secondary N) is 1. The molecule has 162 valence electrons. The van der Waals surface area contributed by atoms with Gasteiger partial charge in [0.2, 0.25) is 10.0 Å². The molecule has 3 N–H and O–H groups in total. The second-order valence-corrected chi connectivity index (χ2v) is 9.16. The van der Waals surface area contributed by atoms with Crippen molar-refractivity contribution in [3.05, 3.63) is 107 Å². The predicted octanol–water partition coefficient (Wildman–Crippen LogP) is 4.59. The normalized spacial score (nSPS) is 12.7. The van der Waals surface area contributed by atoms with Crippen LogP contribution in [0.3, 0.4) is 0 Å². The van der Waals surface area contributed by atoms with Crippen LogP contribution >= 0.6 is 0 Å². The third-order valence-corrected chi connectivity index (χ3v) is 5.09. The van der Waals surface area contributed by atoms with Crippen molar-refractivity contribution in [3.8, 4) is 0 Å². The van der Waals surface area contributed by atoms with E-state index in [-0.39, 0.29) is 19.5 Å². The zero-order valence-corrected chi connectivity index (χ0v) is 20.4. The van der Waals surface area contributed by atoms with E-state index in [1.807, 2.05) is 60.7 Å². The van der Waals surface area contributed by atoms with Crippen molar-refractivity contribution >= 4 is 10.0 Å². The molecule has 0 bridgehead atoms. The Morgan fingerprint density at radius 3 is 1.47 bits per heavy atom. The summed E-state index contributed by atoms with van der Waals surface area (Å²) in [5, 5.41) is 0.